The molecule has 0 saturated carbocycles. The van der Waals surface area contributed by atoms with E-state index >= 15 is 0 Å². The first-order valence-electron chi connectivity index (χ1n) is 6.26. The molecule has 0 bridgehead atoms. The molecule has 0 aliphatic carbocycles. The summed E-state index contributed by atoms with van der Waals surface area (Å²) in [5.74, 6) is -0.201. The monoisotopic (exact) mass is 279 g/mol. The summed E-state index contributed by atoms with van der Waals surface area (Å²) in [6, 6.07) is 6.15. The Morgan fingerprint density at radius 2 is 2.16 bits per heavy atom. The molecule has 0 radical (unpaired) electrons. The zero-order valence-corrected chi connectivity index (χ0v) is 11.9. The molecular weight excluding hydrogens is 262 g/mol. The molecule has 1 N–H and O–H groups in total. The highest BCUT2D eigenvalue weighted by atomic mass is 32.2. The molecule has 0 saturated heterocycles. The number of thioether (sulfide) groups is 1. The van der Waals surface area contributed by atoms with Gasteiger partial charge in [-0.05, 0) is 31.5 Å². The maximum atomic E-state index is 12.2. The number of benzene rings is 1. The van der Waals surface area contributed by atoms with Gasteiger partial charge in [-0.15, -0.1) is 11.8 Å². The van der Waals surface area contributed by atoms with Gasteiger partial charge in [-0.1, -0.05) is 6.07 Å². The average molecular weight is 279 g/mol. The van der Waals surface area contributed by atoms with Crippen molar-refractivity contribution in [3.8, 4) is 0 Å². The van der Waals surface area contributed by atoms with Crippen molar-refractivity contribution in [2.45, 2.75) is 37.6 Å². The first kappa shape index (κ1) is 13.9. The van der Waals surface area contributed by atoms with E-state index < -0.39 is 5.97 Å². The number of anilines is 1. The largest absolute Gasteiger partial charge is 0.481 e. The fraction of sp³-hybridized carbons (Fsp3) is 0.429. The fourth-order valence-corrected chi connectivity index (χ4v) is 3.21. The van der Waals surface area contributed by atoms with Gasteiger partial charge >= 0.3 is 5.97 Å². The summed E-state index contributed by atoms with van der Waals surface area (Å²) in [5, 5.41) is 8.69. The quantitative estimate of drug-likeness (QED) is 0.924. The Morgan fingerprint density at radius 1 is 1.42 bits per heavy atom. The molecule has 2 rings (SSSR count). The second-order valence-corrected chi connectivity index (χ2v) is 5.85. The second kappa shape index (κ2) is 5.65. The number of carboxylic acids is 1. The number of aryl methyl sites for hydroxylation is 1. The van der Waals surface area contributed by atoms with Gasteiger partial charge in [0.25, 0.3) is 0 Å². The minimum atomic E-state index is -0.933. The summed E-state index contributed by atoms with van der Waals surface area (Å²) in [6.45, 7) is 3.99. The van der Waals surface area contributed by atoms with Gasteiger partial charge in [0.2, 0.25) is 5.91 Å². The van der Waals surface area contributed by atoms with E-state index in [2.05, 4.69) is 0 Å². The second-order valence-electron chi connectivity index (χ2n) is 4.79. The molecule has 1 heterocycles. The van der Waals surface area contributed by atoms with Crippen molar-refractivity contribution in [2.75, 3.05) is 10.7 Å². The smallest absolute Gasteiger partial charge is 0.303 e. The van der Waals surface area contributed by atoms with Crippen molar-refractivity contribution >= 4 is 29.3 Å². The number of carboxylic acid groups (broad SMARTS) is 1. The molecule has 1 atom stereocenters. The van der Waals surface area contributed by atoms with E-state index in [0.717, 1.165) is 21.9 Å². The van der Waals surface area contributed by atoms with Crippen LogP contribution >= 0.6 is 11.8 Å². The molecule has 1 aromatic rings. The zero-order valence-electron chi connectivity index (χ0n) is 11.0. The van der Waals surface area contributed by atoms with Crippen LogP contribution in [-0.4, -0.2) is 28.8 Å². The molecule has 19 heavy (non-hydrogen) atoms. The van der Waals surface area contributed by atoms with E-state index in [4.69, 9.17) is 5.11 Å². The van der Waals surface area contributed by atoms with Crippen LogP contribution in [0.4, 0.5) is 5.69 Å². The third-order valence-corrected chi connectivity index (χ3v) is 4.42. The maximum Gasteiger partial charge on any atom is 0.303 e. The van der Waals surface area contributed by atoms with E-state index in [9.17, 15) is 9.59 Å². The normalized spacial score (nSPS) is 18.0. The highest BCUT2D eigenvalue weighted by molar-refractivity contribution is 7.99. The molecule has 1 aliphatic heterocycles. The van der Waals surface area contributed by atoms with Crippen LogP contribution in [0.1, 0.15) is 25.3 Å². The number of aliphatic carboxylic acids is 1. The minimum Gasteiger partial charge on any atom is -0.481 e. The van der Waals surface area contributed by atoms with Gasteiger partial charge in [0, 0.05) is 23.1 Å². The first-order chi connectivity index (χ1) is 8.99. The Morgan fingerprint density at radius 3 is 2.84 bits per heavy atom. The molecule has 0 spiro atoms. The summed E-state index contributed by atoms with van der Waals surface area (Å²) < 4.78 is 0. The van der Waals surface area contributed by atoms with Crippen molar-refractivity contribution in [1.82, 2.24) is 0 Å². The molecule has 1 aliphatic rings. The molecular formula is C14H17NO3S. The highest BCUT2D eigenvalue weighted by Crippen LogP contribution is 2.38. The van der Waals surface area contributed by atoms with Gasteiger partial charge < -0.3 is 10.0 Å². The van der Waals surface area contributed by atoms with Crippen molar-refractivity contribution in [3.63, 3.8) is 0 Å². The van der Waals surface area contributed by atoms with Crippen LogP contribution < -0.4 is 4.90 Å². The van der Waals surface area contributed by atoms with Crippen molar-refractivity contribution in [1.29, 1.82) is 0 Å². The number of amides is 1. The lowest BCUT2D eigenvalue weighted by molar-refractivity contribution is -0.138. The molecule has 102 valence electrons. The number of carbonyl (C=O) groups is 2. The van der Waals surface area contributed by atoms with Gasteiger partial charge in [-0.25, -0.2) is 0 Å². The Labute approximate surface area is 116 Å². The van der Waals surface area contributed by atoms with Crippen LogP contribution in [-0.2, 0) is 9.59 Å². The van der Waals surface area contributed by atoms with Gasteiger partial charge in [0.1, 0.15) is 0 Å². The number of nitrogens with zero attached hydrogens (tertiary/aromatic N) is 1. The molecule has 1 aromatic carbocycles. The van der Waals surface area contributed by atoms with Crippen molar-refractivity contribution in [3.05, 3.63) is 23.8 Å². The predicted octanol–water partition coefficient (Wildman–Crippen LogP) is 2.69. The van der Waals surface area contributed by atoms with E-state index in [0.29, 0.717) is 0 Å². The topological polar surface area (TPSA) is 57.6 Å². The lowest BCUT2D eigenvalue weighted by atomic mass is 10.1. The molecule has 4 nitrogen and oxygen atoms in total. The summed E-state index contributed by atoms with van der Waals surface area (Å²) in [7, 11) is 0. The Hall–Kier alpha value is -1.49. The number of hydrogen-bond acceptors (Lipinski definition) is 3. The van der Waals surface area contributed by atoms with Crippen LogP contribution in [0.5, 0.6) is 0 Å². The first-order valence-corrected chi connectivity index (χ1v) is 7.25. The van der Waals surface area contributed by atoms with E-state index in [1.807, 2.05) is 32.0 Å². The molecule has 1 amide bonds. The van der Waals surface area contributed by atoms with E-state index in [-0.39, 0.29) is 24.8 Å². The van der Waals surface area contributed by atoms with Gasteiger partial charge in [-0.3, -0.25) is 9.59 Å². The lowest BCUT2D eigenvalue weighted by Crippen LogP contribution is -2.42. The van der Waals surface area contributed by atoms with Crippen molar-refractivity contribution in [2.24, 2.45) is 0 Å². The van der Waals surface area contributed by atoms with Crippen LogP contribution in [0.25, 0.3) is 0 Å². The molecule has 5 heteroatoms. The third-order valence-electron chi connectivity index (χ3n) is 3.12. The highest BCUT2D eigenvalue weighted by Gasteiger charge is 2.28. The minimum absolute atomic E-state index is 0.0533. The fourth-order valence-electron chi connectivity index (χ4n) is 2.17. The zero-order chi connectivity index (χ0) is 14.0. The summed E-state index contributed by atoms with van der Waals surface area (Å²) in [6.07, 6.45) is -0.0614. The summed E-state index contributed by atoms with van der Waals surface area (Å²) in [4.78, 5) is 25.7. The molecule has 1 unspecified atom stereocenters. The van der Waals surface area contributed by atoms with Gasteiger partial charge in [0.15, 0.2) is 0 Å². The third kappa shape index (κ3) is 3.10. The SMILES string of the molecule is Cc1ccc2c(c1)N(C(=O)CCC(=O)O)C(C)CS2. The lowest BCUT2D eigenvalue weighted by Gasteiger charge is -2.35. The number of carbonyl (C=O) groups excluding carboxylic acids is 1. The average Bonchev–Trinajstić information content (AvgIpc) is 2.35. The van der Waals surface area contributed by atoms with E-state index in [1.165, 1.54) is 0 Å². The number of rotatable bonds is 3. The predicted molar refractivity (Wildman–Crippen MR) is 75.7 cm³/mol. The van der Waals surface area contributed by atoms with Gasteiger partial charge in [0.05, 0.1) is 12.1 Å². The maximum absolute atomic E-state index is 12.2. The van der Waals surface area contributed by atoms with Crippen molar-refractivity contribution < 1.29 is 14.7 Å². The van der Waals surface area contributed by atoms with Crippen LogP contribution in [0.2, 0.25) is 0 Å². The van der Waals surface area contributed by atoms with Gasteiger partial charge in [-0.2, -0.15) is 0 Å². The standard InChI is InChI=1S/C14H17NO3S/c1-9-3-4-12-11(7-9)15(10(2)8-19-12)13(16)5-6-14(17)18/h3-4,7,10H,5-6,8H2,1-2H3,(H,17,18). The van der Waals surface area contributed by atoms with Crippen LogP contribution in [0, 0.1) is 6.92 Å². The summed E-state index contributed by atoms with van der Waals surface area (Å²) >= 11 is 1.74. The van der Waals surface area contributed by atoms with Crippen LogP contribution in [0.15, 0.2) is 23.1 Å². The Balaban J connectivity index is 2.26. The molecule has 0 fully saturated rings. The number of fused-ring (bicyclic) bond motifs is 1. The molecule has 0 aromatic heterocycles. The van der Waals surface area contributed by atoms with Crippen LogP contribution in [0.3, 0.4) is 0 Å². The number of hydrogen-bond donors (Lipinski definition) is 1. The van der Waals surface area contributed by atoms with E-state index in [1.54, 1.807) is 16.7 Å². The Bertz CT molecular complexity index is 515. The summed E-state index contributed by atoms with van der Waals surface area (Å²) in [5.41, 5.74) is 2.02. The Kier molecular flexibility index (Phi) is 4.14.